The molecule has 9 heteroatoms. The summed E-state index contributed by atoms with van der Waals surface area (Å²) in [5.74, 6) is -0.0334. The van der Waals surface area contributed by atoms with Gasteiger partial charge in [-0.1, -0.05) is 6.92 Å². The van der Waals surface area contributed by atoms with Crippen LogP contribution in [0.4, 0.5) is 0 Å². The first-order chi connectivity index (χ1) is 13.9. The van der Waals surface area contributed by atoms with E-state index in [0.29, 0.717) is 38.2 Å². The number of likely N-dealkylation sites (tertiary alicyclic amines) is 1. The summed E-state index contributed by atoms with van der Waals surface area (Å²) in [7, 11) is -2.30. The molecule has 1 aromatic carbocycles. The number of carbonyl (C=O) groups is 2. The molecule has 160 valence electrons. The molecule has 1 atom stereocenters. The zero-order valence-electron chi connectivity index (χ0n) is 17.0. The monoisotopic (exact) mass is 423 g/mol. The van der Waals surface area contributed by atoms with Crippen LogP contribution in [0.1, 0.15) is 49.4 Å². The average Bonchev–Trinajstić information content (AvgIpc) is 3.28. The van der Waals surface area contributed by atoms with Gasteiger partial charge < -0.3 is 15.0 Å². The Kier molecular flexibility index (Phi) is 6.79. The molecule has 8 nitrogen and oxygen atoms in total. The first-order valence-electron chi connectivity index (χ1n) is 10.1. The summed E-state index contributed by atoms with van der Waals surface area (Å²) >= 11 is 0. The minimum absolute atomic E-state index is 0.0283. The standard InChI is InChI=1S/C20H29N3O5S/c1-3-19(24)21-16-7-6-10-22(14-16)20(25)15-8-9-17(28-2)18(13-15)29(26,27)23-11-4-5-12-23/h8-9,13,16H,3-7,10-12,14H2,1-2H3,(H,21,24). The Labute approximate surface area is 172 Å². The van der Waals surface area contributed by atoms with Gasteiger partial charge in [0, 0.05) is 44.2 Å². The number of methoxy groups -OCH3 is 1. The van der Waals surface area contributed by atoms with Crippen LogP contribution in [-0.4, -0.2) is 68.8 Å². The second-order valence-electron chi connectivity index (χ2n) is 7.49. The number of nitrogens with one attached hydrogen (secondary N) is 1. The fraction of sp³-hybridized carbons (Fsp3) is 0.600. The van der Waals surface area contributed by atoms with E-state index in [1.54, 1.807) is 17.9 Å². The Morgan fingerprint density at radius 1 is 1.17 bits per heavy atom. The molecule has 0 aliphatic carbocycles. The van der Waals surface area contributed by atoms with Gasteiger partial charge in [0.2, 0.25) is 15.9 Å². The first-order valence-corrected chi connectivity index (χ1v) is 11.6. The van der Waals surface area contributed by atoms with Crippen molar-refractivity contribution in [1.82, 2.24) is 14.5 Å². The van der Waals surface area contributed by atoms with Crippen LogP contribution in [0, 0.1) is 0 Å². The fourth-order valence-corrected chi connectivity index (χ4v) is 5.57. The van der Waals surface area contributed by atoms with Crippen molar-refractivity contribution in [2.75, 3.05) is 33.3 Å². The number of amides is 2. The molecule has 1 unspecified atom stereocenters. The Hall–Kier alpha value is -2.13. The Morgan fingerprint density at radius 2 is 1.90 bits per heavy atom. The molecule has 2 aliphatic rings. The van der Waals surface area contributed by atoms with Crippen molar-refractivity contribution < 1.29 is 22.7 Å². The Morgan fingerprint density at radius 3 is 2.55 bits per heavy atom. The van der Waals surface area contributed by atoms with Crippen LogP contribution in [0.25, 0.3) is 0 Å². The molecule has 2 amide bonds. The maximum Gasteiger partial charge on any atom is 0.253 e. The summed E-state index contributed by atoms with van der Waals surface area (Å²) in [6, 6.07) is 4.48. The smallest absolute Gasteiger partial charge is 0.253 e. The van der Waals surface area contributed by atoms with E-state index in [0.717, 1.165) is 25.7 Å². The van der Waals surface area contributed by atoms with Crippen molar-refractivity contribution in [2.24, 2.45) is 0 Å². The number of ether oxygens (including phenoxy) is 1. The quantitative estimate of drug-likeness (QED) is 0.750. The normalized spacial score (nSPS) is 20.5. The molecule has 1 aromatic rings. The molecule has 0 bridgehead atoms. The van der Waals surface area contributed by atoms with E-state index >= 15 is 0 Å². The second kappa shape index (κ2) is 9.13. The molecule has 3 rings (SSSR count). The Bertz CT molecular complexity index is 865. The van der Waals surface area contributed by atoms with Crippen molar-refractivity contribution in [3.05, 3.63) is 23.8 Å². The lowest BCUT2D eigenvalue weighted by molar-refractivity contribution is -0.121. The number of hydrogen-bond acceptors (Lipinski definition) is 5. The van der Waals surface area contributed by atoms with Crippen LogP contribution < -0.4 is 10.1 Å². The molecular weight excluding hydrogens is 394 g/mol. The summed E-state index contributed by atoms with van der Waals surface area (Å²) in [4.78, 5) is 26.4. The molecule has 0 radical (unpaired) electrons. The topological polar surface area (TPSA) is 96.0 Å². The summed E-state index contributed by atoms with van der Waals surface area (Å²) < 4.78 is 32.8. The van der Waals surface area contributed by atoms with Crippen LogP contribution in [0.15, 0.2) is 23.1 Å². The van der Waals surface area contributed by atoms with E-state index in [9.17, 15) is 18.0 Å². The summed E-state index contributed by atoms with van der Waals surface area (Å²) in [5, 5.41) is 2.94. The van der Waals surface area contributed by atoms with Crippen molar-refractivity contribution in [3.8, 4) is 5.75 Å². The molecular formula is C20H29N3O5S. The van der Waals surface area contributed by atoms with Gasteiger partial charge in [-0.25, -0.2) is 8.42 Å². The van der Waals surface area contributed by atoms with Gasteiger partial charge in [-0.3, -0.25) is 9.59 Å². The van der Waals surface area contributed by atoms with Crippen molar-refractivity contribution in [2.45, 2.75) is 50.0 Å². The van der Waals surface area contributed by atoms with E-state index in [2.05, 4.69) is 5.32 Å². The predicted molar refractivity (Wildman–Crippen MR) is 108 cm³/mol. The number of rotatable bonds is 6. The van der Waals surface area contributed by atoms with Gasteiger partial charge in [-0.15, -0.1) is 0 Å². The minimum atomic E-state index is -3.72. The molecule has 0 aromatic heterocycles. The van der Waals surface area contributed by atoms with Gasteiger partial charge in [-0.2, -0.15) is 4.31 Å². The highest BCUT2D eigenvalue weighted by molar-refractivity contribution is 7.89. The SMILES string of the molecule is CCC(=O)NC1CCCN(C(=O)c2ccc(OC)c(S(=O)(=O)N3CCCC3)c2)C1. The van der Waals surface area contributed by atoms with Gasteiger partial charge in [0.15, 0.2) is 0 Å². The van der Waals surface area contributed by atoms with Crippen LogP contribution in [0.2, 0.25) is 0 Å². The summed E-state index contributed by atoms with van der Waals surface area (Å²) in [6.07, 6.45) is 3.68. The molecule has 0 saturated carbocycles. The number of carbonyl (C=O) groups excluding carboxylic acids is 2. The lowest BCUT2D eigenvalue weighted by Gasteiger charge is -2.33. The van der Waals surface area contributed by atoms with Gasteiger partial charge in [0.05, 0.1) is 7.11 Å². The largest absolute Gasteiger partial charge is 0.495 e. The van der Waals surface area contributed by atoms with E-state index in [-0.39, 0.29) is 28.5 Å². The zero-order valence-corrected chi connectivity index (χ0v) is 17.8. The van der Waals surface area contributed by atoms with E-state index in [1.807, 2.05) is 0 Å². The molecule has 2 aliphatic heterocycles. The van der Waals surface area contributed by atoms with Crippen molar-refractivity contribution in [3.63, 3.8) is 0 Å². The second-order valence-corrected chi connectivity index (χ2v) is 9.39. The third-order valence-corrected chi connectivity index (χ3v) is 7.41. The molecule has 2 fully saturated rings. The predicted octanol–water partition coefficient (Wildman–Crippen LogP) is 1.61. The van der Waals surface area contributed by atoms with Crippen molar-refractivity contribution in [1.29, 1.82) is 0 Å². The van der Waals surface area contributed by atoms with E-state index in [4.69, 9.17) is 4.74 Å². The lowest BCUT2D eigenvalue weighted by Crippen LogP contribution is -2.49. The molecule has 1 N–H and O–H groups in total. The third-order valence-electron chi connectivity index (χ3n) is 5.49. The number of benzene rings is 1. The fourth-order valence-electron chi connectivity index (χ4n) is 3.87. The van der Waals surface area contributed by atoms with Gasteiger partial charge in [-0.05, 0) is 43.9 Å². The van der Waals surface area contributed by atoms with Gasteiger partial charge in [0.1, 0.15) is 10.6 Å². The van der Waals surface area contributed by atoms with Gasteiger partial charge in [0.25, 0.3) is 5.91 Å². The third kappa shape index (κ3) is 4.72. The number of piperidine rings is 1. The molecule has 0 spiro atoms. The van der Waals surface area contributed by atoms with Crippen LogP contribution in [0.3, 0.4) is 0 Å². The van der Waals surface area contributed by atoms with Crippen LogP contribution in [-0.2, 0) is 14.8 Å². The summed E-state index contributed by atoms with van der Waals surface area (Å²) in [5.41, 5.74) is 0.311. The average molecular weight is 424 g/mol. The van der Waals surface area contributed by atoms with E-state index in [1.165, 1.54) is 23.5 Å². The van der Waals surface area contributed by atoms with Crippen LogP contribution in [0.5, 0.6) is 5.75 Å². The van der Waals surface area contributed by atoms with Gasteiger partial charge >= 0.3 is 0 Å². The highest BCUT2D eigenvalue weighted by Crippen LogP contribution is 2.30. The zero-order chi connectivity index (χ0) is 21.0. The molecule has 2 saturated heterocycles. The first kappa shape index (κ1) is 21.6. The number of sulfonamides is 1. The summed E-state index contributed by atoms with van der Waals surface area (Å²) in [6.45, 7) is 3.76. The van der Waals surface area contributed by atoms with Crippen molar-refractivity contribution >= 4 is 21.8 Å². The maximum atomic E-state index is 13.1. The number of nitrogens with zero attached hydrogens (tertiary/aromatic N) is 2. The van der Waals surface area contributed by atoms with E-state index < -0.39 is 10.0 Å². The minimum Gasteiger partial charge on any atom is -0.495 e. The van der Waals surface area contributed by atoms with Crippen LogP contribution >= 0.6 is 0 Å². The Balaban J connectivity index is 1.83. The molecule has 29 heavy (non-hydrogen) atoms. The maximum absolute atomic E-state index is 13.1. The highest BCUT2D eigenvalue weighted by Gasteiger charge is 2.32. The lowest BCUT2D eigenvalue weighted by atomic mass is 10.0. The highest BCUT2D eigenvalue weighted by atomic mass is 32.2. The molecule has 2 heterocycles. The number of hydrogen-bond donors (Lipinski definition) is 1.